The predicted octanol–water partition coefficient (Wildman–Crippen LogP) is 3.03. The first-order valence-corrected chi connectivity index (χ1v) is 4.21. The van der Waals surface area contributed by atoms with E-state index in [9.17, 15) is 0 Å². The van der Waals surface area contributed by atoms with Crippen LogP contribution in [0.5, 0.6) is 0 Å². The van der Waals surface area contributed by atoms with Crippen LogP contribution in [0, 0.1) is 5.92 Å². The van der Waals surface area contributed by atoms with Crippen LogP contribution < -0.4 is 0 Å². The molecular weight excluding hydrogens is 124 g/mol. The molecule has 0 saturated heterocycles. The molecule has 0 aromatic rings. The molecule has 0 aromatic carbocycles. The van der Waals surface area contributed by atoms with E-state index in [0.717, 1.165) is 18.8 Å². The van der Waals surface area contributed by atoms with Crippen LogP contribution in [0.2, 0.25) is 0 Å². The molecule has 0 aromatic heterocycles. The summed E-state index contributed by atoms with van der Waals surface area (Å²) in [5, 5.41) is 9.06. The van der Waals surface area contributed by atoms with Crippen molar-refractivity contribution in [2.24, 2.45) is 5.92 Å². The first-order chi connectivity index (χ1) is 4.83. The maximum absolute atomic E-state index is 9.06. The molecule has 10 heavy (non-hydrogen) atoms. The minimum absolute atomic E-state index is 0.604. The number of aliphatic hydroxyl groups excluding tert-OH is 1. The summed E-state index contributed by atoms with van der Waals surface area (Å²) in [5.41, 5.74) is 0. The van der Waals surface area contributed by atoms with Crippen molar-refractivity contribution >= 4 is 0 Å². The van der Waals surface area contributed by atoms with E-state index in [2.05, 4.69) is 6.92 Å². The Balaban J connectivity index is 2.27. The normalized spacial score (nSPS) is 26.1. The smallest absolute Gasteiger partial charge is 0.0883 e. The second-order valence-electron chi connectivity index (χ2n) is 3.12. The van der Waals surface area contributed by atoms with Gasteiger partial charge in [-0.05, 0) is 24.8 Å². The van der Waals surface area contributed by atoms with Crippen LogP contribution in [0.15, 0.2) is 11.8 Å². The van der Waals surface area contributed by atoms with Crippen LogP contribution in [0.4, 0.5) is 0 Å². The standard InChI is InChI=1S/C9H16O/c1-2-3-8-4-6-9(10)7-5-8/h6,8,10H,2-5,7H2,1H3/t8-/m1/s1. The molecule has 1 aliphatic carbocycles. The van der Waals surface area contributed by atoms with Crippen molar-refractivity contribution in [1.29, 1.82) is 0 Å². The third kappa shape index (κ3) is 2.05. The quantitative estimate of drug-likeness (QED) is 0.625. The first kappa shape index (κ1) is 7.64. The molecule has 1 rings (SSSR count). The van der Waals surface area contributed by atoms with E-state index in [1.807, 2.05) is 6.08 Å². The lowest BCUT2D eigenvalue weighted by molar-refractivity contribution is 0.327. The molecule has 0 spiro atoms. The van der Waals surface area contributed by atoms with Crippen molar-refractivity contribution < 1.29 is 5.11 Å². The van der Waals surface area contributed by atoms with Gasteiger partial charge in [-0.2, -0.15) is 0 Å². The number of aliphatic hydroxyl groups is 1. The highest BCUT2D eigenvalue weighted by atomic mass is 16.3. The molecule has 0 saturated carbocycles. The first-order valence-electron chi connectivity index (χ1n) is 4.21. The Labute approximate surface area is 62.8 Å². The van der Waals surface area contributed by atoms with Gasteiger partial charge >= 0.3 is 0 Å². The van der Waals surface area contributed by atoms with Gasteiger partial charge in [-0.1, -0.05) is 19.8 Å². The van der Waals surface area contributed by atoms with Gasteiger partial charge < -0.3 is 5.11 Å². The molecule has 1 heteroatoms. The highest BCUT2D eigenvalue weighted by Crippen LogP contribution is 2.25. The summed E-state index contributed by atoms with van der Waals surface area (Å²) >= 11 is 0. The Morgan fingerprint density at radius 1 is 1.70 bits per heavy atom. The lowest BCUT2D eigenvalue weighted by Gasteiger charge is -2.17. The van der Waals surface area contributed by atoms with E-state index in [1.165, 1.54) is 19.3 Å². The highest BCUT2D eigenvalue weighted by Gasteiger charge is 2.11. The summed E-state index contributed by atoms with van der Waals surface area (Å²) in [4.78, 5) is 0. The average molecular weight is 140 g/mol. The summed E-state index contributed by atoms with van der Waals surface area (Å²) in [6.07, 6.45) is 7.77. The molecule has 1 atom stereocenters. The molecule has 0 unspecified atom stereocenters. The van der Waals surface area contributed by atoms with Gasteiger partial charge in [0.15, 0.2) is 0 Å². The fourth-order valence-electron chi connectivity index (χ4n) is 1.55. The fourth-order valence-corrected chi connectivity index (χ4v) is 1.55. The molecule has 0 heterocycles. The van der Waals surface area contributed by atoms with Crippen LogP contribution in [0.1, 0.15) is 39.0 Å². The van der Waals surface area contributed by atoms with Crippen molar-refractivity contribution in [2.45, 2.75) is 39.0 Å². The minimum atomic E-state index is 0.604. The van der Waals surface area contributed by atoms with Crippen LogP contribution in [-0.2, 0) is 0 Å². The Morgan fingerprint density at radius 3 is 3.00 bits per heavy atom. The van der Waals surface area contributed by atoms with Gasteiger partial charge in [0.1, 0.15) is 0 Å². The van der Waals surface area contributed by atoms with Gasteiger partial charge in [-0.25, -0.2) is 0 Å². The predicted molar refractivity (Wildman–Crippen MR) is 43.0 cm³/mol. The second-order valence-corrected chi connectivity index (χ2v) is 3.12. The maximum Gasteiger partial charge on any atom is 0.0883 e. The van der Waals surface area contributed by atoms with E-state index in [4.69, 9.17) is 5.11 Å². The van der Waals surface area contributed by atoms with Gasteiger partial charge in [0.2, 0.25) is 0 Å². The number of allylic oxidation sites excluding steroid dienone is 2. The van der Waals surface area contributed by atoms with E-state index in [-0.39, 0.29) is 0 Å². The number of rotatable bonds is 2. The highest BCUT2D eigenvalue weighted by molar-refractivity contribution is 4.96. The lowest BCUT2D eigenvalue weighted by Crippen LogP contribution is -2.04. The van der Waals surface area contributed by atoms with Crippen molar-refractivity contribution in [2.75, 3.05) is 0 Å². The zero-order chi connectivity index (χ0) is 7.40. The SMILES string of the molecule is CCC[C@@H]1CC=C(O)CC1. The van der Waals surface area contributed by atoms with Crippen molar-refractivity contribution in [3.63, 3.8) is 0 Å². The van der Waals surface area contributed by atoms with E-state index in [1.54, 1.807) is 0 Å². The molecule has 1 N–H and O–H groups in total. The van der Waals surface area contributed by atoms with Crippen LogP contribution in [0.3, 0.4) is 0 Å². The molecule has 0 bridgehead atoms. The molecule has 0 fully saturated rings. The number of hydrogen-bond donors (Lipinski definition) is 1. The summed E-state index contributed by atoms with van der Waals surface area (Å²) in [7, 11) is 0. The van der Waals surface area contributed by atoms with Crippen LogP contribution in [0.25, 0.3) is 0 Å². The van der Waals surface area contributed by atoms with Gasteiger partial charge in [0.05, 0.1) is 5.76 Å². The molecule has 0 radical (unpaired) electrons. The van der Waals surface area contributed by atoms with E-state index in [0.29, 0.717) is 5.76 Å². The largest absolute Gasteiger partial charge is 0.513 e. The van der Waals surface area contributed by atoms with Gasteiger partial charge in [-0.15, -0.1) is 0 Å². The Hall–Kier alpha value is -0.460. The summed E-state index contributed by atoms with van der Waals surface area (Å²) in [6.45, 7) is 2.22. The molecule has 1 nitrogen and oxygen atoms in total. The van der Waals surface area contributed by atoms with Crippen molar-refractivity contribution in [1.82, 2.24) is 0 Å². The van der Waals surface area contributed by atoms with E-state index >= 15 is 0 Å². The summed E-state index contributed by atoms with van der Waals surface area (Å²) in [6, 6.07) is 0. The molecule has 0 amide bonds. The zero-order valence-electron chi connectivity index (χ0n) is 6.64. The van der Waals surface area contributed by atoms with Crippen LogP contribution in [-0.4, -0.2) is 5.11 Å². The molecule has 0 aliphatic heterocycles. The lowest BCUT2D eigenvalue weighted by atomic mass is 9.90. The number of hydrogen-bond acceptors (Lipinski definition) is 1. The Kier molecular flexibility index (Phi) is 2.79. The third-order valence-corrected chi connectivity index (χ3v) is 2.19. The molecule has 58 valence electrons. The average Bonchev–Trinajstić information content (AvgIpc) is 1.95. The fraction of sp³-hybridized carbons (Fsp3) is 0.778. The minimum Gasteiger partial charge on any atom is -0.513 e. The van der Waals surface area contributed by atoms with Gasteiger partial charge in [0, 0.05) is 6.42 Å². The van der Waals surface area contributed by atoms with Gasteiger partial charge in [0.25, 0.3) is 0 Å². The molecular formula is C9H16O. The monoisotopic (exact) mass is 140 g/mol. The summed E-state index contributed by atoms with van der Waals surface area (Å²) in [5.74, 6) is 1.45. The van der Waals surface area contributed by atoms with Gasteiger partial charge in [-0.3, -0.25) is 0 Å². The topological polar surface area (TPSA) is 20.2 Å². The van der Waals surface area contributed by atoms with Crippen molar-refractivity contribution in [3.05, 3.63) is 11.8 Å². The Morgan fingerprint density at radius 2 is 2.50 bits per heavy atom. The zero-order valence-corrected chi connectivity index (χ0v) is 6.64. The van der Waals surface area contributed by atoms with Crippen molar-refractivity contribution in [3.8, 4) is 0 Å². The van der Waals surface area contributed by atoms with E-state index < -0.39 is 0 Å². The second kappa shape index (κ2) is 3.65. The maximum atomic E-state index is 9.06. The molecule has 1 aliphatic rings. The Bertz CT molecular complexity index is 127. The third-order valence-electron chi connectivity index (χ3n) is 2.19. The van der Waals surface area contributed by atoms with Crippen LogP contribution >= 0.6 is 0 Å². The summed E-state index contributed by atoms with van der Waals surface area (Å²) < 4.78 is 0.